The Labute approximate surface area is 132 Å². The number of para-hydroxylation sites is 1. The highest BCUT2D eigenvalue weighted by atomic mass is 35.5. The summed E-state index contributed by atoms with van der Waals surface area (Å²) in [6, 6.07) is 7.19. The second kappa shape index (κ2) is 6.55. The highest BCUT2D eigenvalue weighted by Crippen LogP contribution is 2.21. The first-order valence-corrected chi connectivity index (χ1v) is 6.99. The van der Waals surface area contributed by atoms with Crippen LogP contribution in [0.25, 0.3) is 0 Å². The number of aryl methyl sites for hydroxylation is 1. The summed E-state index contributed by atoms with van der Waals surface area (Å²) in [7, 11) is 0. The first-order valence-electron chi connectivity index (χ1n) is 6.21. The van der Waals surface area contributed by atoms with Crippen LogP contribution in [0, 0.1) is 0 Å². The van der Waals surface area contributed by atoms with Crippen molar-refractivity contribution in [2.45, 2.75) is 13.5 Å². The topological polar surface area (TPSA) is 85.0 Å². The number of thiocarbonyl (C=S) groups is 1. The van der Waals surface area contributed by atoms with Gasteiger partial charge in [0, 0.05) is 12.7 Å². The molecule has 0 aliphatic rings. The number of rotatable bonds is 4. The zero-order valence-corrected chi connectivity index (χ0v) is 12.8. The highest BCUT2D eigenvalue weighted by Gasteiger charge is 2.15. The molecule has 6 nitrogen and oxygen atoms in total. The van der Waals surface area contributed by atoms with Gasteiger partial charge in [0.05, 0.1) is 16.4 Å². The number of anilines is 2. The van der Waals surface area contributed by atoms with Gasteiger partial charge in [0.1, 0.15) is 0 Å². The van der Waals surface area contributed by atoms with Crippen LogP contribution in [-0.2, 0) is 6.54 Å². The van der Waals surface area contributed by atoms with Crippen LogP contribution in [0.3, 0.4) is 0 Å². The molecular weight excluding hydrogens is 310 g/mol. The molecule has 0 aliphatic carbocycles. The molecule has 0 aliphatic heterocycles. The molecule has 0 spiro atoms. The number of hydrogen-bond donors (Lipinski definition) is 3. The summed E-state index contributed by atoms with van der Waals surface area (Å²) < 4.78 is 1.60. The Balaban J connectivity index is 2.14. The molecule has 8 heteroatoms. The fourth-order valence-electron chi connectivity index (χ4n) is 1.70. The van der Waals surface area contributed by atoms with Gasteiger partial charge < -0.3 is 16.4 Å². The third-order valence-corrected chi connectivity index (χ3v) is 3.22. The van der Waals surface area contributed by atoms with Gasteiger partial charge in [-0.25, -0.2) is 0 Å². The van der Waals surface area contributed by atoms with E-state index in [1.807, 2.05) is 19.1 Å². The van der Waals surface area contributed by atoms with Crippen LogP contribution in [-0.4, -0.2) is 20.8 Å². The number of primary amides is 1. The summed E-state index contributed by atoms with van der Waals surface area (Å²) >= 11 is 11.2. The summed E-state index contributed by atoms with van der Waals surface area (Å²) in [5, 5.41) is 10.8. The zero-order chi connectivity index (χ0) is 15.4. The highest BCUT2D eigenvalue weighted by molar-refractivity contribution is 7.80. The van der Waals surface area contributed by atoms with Crippen LogP contribution < -0.4 is 16.4 Å². The minimum Gasteiger partial charge on any atom is -0.364 e. The largest absolute Gasteiger partial charge is 0.364 e. The van der Waals surface area contributed by atoms with E-state index < -0.39 is 5.91 Å². The summed E-state index contributed by atoms with van der Waals surface area (Å²) in [4.78, 5) is 11.4. The first-order chi connectivity index (χ1) is 10.0. The van der Waals surface area contributed by atoms with Crippen molar-refractivity contribution in [2.75, 3.05) is 10.6 Å². The van der Waals surface area contributed by atoms with Crippen molar-refractivity contribution in [3.05, 3.63) is 41.2 Å². The first kappa shape index (κ1) is 15.3. The molecule has 0 fully saturated rings. The summed E-state index contributed by atoms with van der Waals surface area (Å²) in [6.45, 7) is 2.52. The van der Waals surface area contributed by atoms with Crippen LogP contribution in [0.5, 0.6) is 0 Å². The van der Waals surface area contributed by atoms with Gasteiger partial charge in [-0.15, -0.1) is 0 Å². The summed E-state index contributed by atoms with van der Waals surface area (Å²) in [6.07, 6.45) is 1.67. The molecule has 0 saturated carbocycles. The van der Waals surface area contributed by atoms with Crippen molar-refractivity contribution in [3.8, 4) is 0 Å². The van der Waals surface area contributed by atoms with E-state index in [4.69, 9.17) is 29.6 Å². The van der Waals surface area contributed by atoms with E-state index in [1.54, 1.807) is 23.0 Å². The van der Waals surface area contributed by atoms with E-state index in [0.717, 1.165) is 0 Å². The maximum atomic E-state index is 11.4. The van der Waals surface area contributed by atoms with Crippen LogP contribution in [0.15, 0.2) is 30.5 Å². The Morgan fingerprint density at radius 3 is 2.67 bits per heavy atom. The molecule has 110 valence electrons. The summed E-state index contributed by atoms with van der Waals surface area (Å²) in [5.41, 5.74) is 6.55. The second-order valence-electron chi connectivity index (χ2n) is 4.17. The Kier molecular flexibility index (Phi) is 4.77. The van der Waals surface area contributed by atoms with Crippen molar-refractivity contribution in [2.24, 2.45) is 5.73 Å². The van der Waals surface area contributed by atoms with Crippen LogP contribution in [0.2, 0.25) is 5.02 Å². The predicted molar refractivity (Wildman–Crippen MR) is 87.7 cm³/mol. The van der Waals surface area contributed by atoms with E-state index in [0.29, 0.717) is 28.1 Å². The molecule has 1 aromatic heterocycles. The number of amides is 1. The normalized spacial score (nSPS) is 10.2. The average Bonchev–Trinajstić information content (AvgIpc) is 2.84. The fraction of sp³-hybridized carbons (Fsp3) is 0.154. The standard InChI is InChI=1S/C13H14ClN5OS/c1-2-19-7-10(11(18-19)12(15)20)17-13(21)16-9-6-4-3-5-8(9)14/h3-7H,2H2,1H3,(H2,15,20)(H2,16,17,21). The molecule has 1 aromatic carbocycles. The molecule has 0 atom stereocenters. The third kappa shape index (κ3) is 3.71. The second-order valence-corrected chi connectivity index (χ2v) is 4.99. The number of hydrogen-bond acceptors (Lipinski definition) is 3. The Bertz CT molecular complexity index is 685. The fourth-order valence-corrected chi connectivity index (χ4v) is 2.10. The van der Waals surface area contributed by atoms with Gasteiger partial charge >= 0.3 is 0 Å². The Hall–Kier alpha value is -2.12. The minimum absolute atomic E-state index is 0.139. The van der Waals surface area contributed by atoms with Crippen molar-refractivity contribution in [1.82, 2.24) is 9.78 Å². The number of benzene rings is 1. The smallest absolute Gasteiger partial charge is 0.271 e. The van der Waals surface area contributed by atoms with Crippen molar-refractivity contribution < 1.29 is 4.79 Å². The molecular formula is C13H14ClN5OS. The molecule has 1 amide bonds. The number of carbonyl (C=O) groups excluding carboxylic acids is 1. The number of nitrogens with two attached hydrogens (primary N) is 1. The van der Waals surface area contributed by atoms with Gasteiger partial charge in [-0.3, -0.25) is 9.48 Å². The number of aromatic nitrogens is 2. The number of carbonyl (C=O) groups is 1. The van der Waals surface area contributed by atoms with Gasteiger partial charge in [0.2, 0.25) is 0 Å². The Morgan fingerprint density at radius 2 is 2.05 bits per heavy atom. The Morgan fingerprint density at radius 1 is 1.38 bits per heavy atom. The molecule has 0 bridgehead atoms. The van der Waals surface area contributed by atoms with Crippen LogP contribution in [0.4, 0.5) is 11.4 Å². The lowest BCUT2D eigenvalue weighted by atomic mass is 10.3. The lowest BCUT2D eigenvalue weighted by Crippen LogP contribution is -2.22. The van der Waals surface area contributed by atoms with E-state index in [1.165, 1.54) is 0 Å². The molecule has 2 aromatic rings. The van der Waals surface area contributed by atoms with E-state index in [9.17, 15) is 4.79 Å². The quantitative estimate of drug-likeness (QED) is 0.753. The average molecular weight is 324 g/mol. The molecule has 4 N–H and O–H groups in total. The van der Waals surface area contributed by atoms with E-state index >= 15 is 0 Å². The maximum Gasteiger partial charge on any atom is 0.271 e. The third-order valence-electron chi connectivity index (χ3n) is 2.69. The molecule has 0 radical (unpaired) electrons. The van der Waals surface area contributed by atoms with Crippen LogP contribution >= 0.6 is 23.8 Å². The van der Waals surface area contributed by atoms with Crippen molar-refractivity contribution in [3.63, 3.8) is 0 Å². The SMILES string of the molecule is CCn1cc(NC(=S)Nc2ccccc2Cl)c(C(N)=O)n1. The van der Waals surface area contributed by atoms with E-state index in [2.05, 4.69) is 15.7 Å². The molecule has 1 heterocycles. The van der Waals surface area contributed by atoms with Gasteiger partial charge in [-0.1, -0.05) is 23.7 Å². The van der Waals surface area contributed by atoms with Gasteiger partial charge in [-0.05, 0) is 31.3 Å². The maximum absolute atomic E-state index is 11.4. The minimum atomic E-state index is -0.620. The lowest BCUT2D eigenvalue weighted by Gasteiger charge is -2.10. The van der Waals surface area contributed by atoms with Gasteiger partial charge in [0.15, 0.2) is 10.8 Å². The molecule has 0 unspecified atom stereocenters. The number of nitrogens with zero attached hydrogens (tertiary/aromatic N) is 2. The van der Waals surface area contributed by atoms with Gasteiger partial charge in [-0.2, -0.15) is 5.10 Å². The molecule has 2 rings (SSSR count). The van der Waals surface area contributed by atoms with Crippen LogP contribution in [0.1, 0.15) is 17.4 Å². The molecule has 0 saturated heterocycles. The van der Waals surface area contributed by atoms with Crippen molar-refractivity contribution in [1.29, 1.82) is 0 Å². The zero-order valence-electron chi connectivity index (χ0n) is 11.3. The number of halogens is 1. The lowest BCUT2D eigenvalue weighted by molar-refractivity contribution is 0.0995. The van der Waals surface area contributed by atoms with Crippen molar-refractivity contribution >= 4 is 46.2 Å². The predicted octanol–water partition coefficient (Wildman–Crippen LogP) is 2.46. The van der Waals surface area contributed by atoms with Gasteiger partial charge in [0.25, 0.3) is 5.91 Å². The monoisotopic (exact) mass is 323 g/mol. The summed E-state index contributed by atoms with van der Waals surface area (Å²) in [5.74, 6) is -0.620. The van der Waals surface area contributed by atoms with E-state index in [-0.39, 0.29) is 5.69 Å². The molecule has 21 heavy (non-hydrogen) atoms. The number of nitrogens with one attached hydrogen (secondary N) is 2.